The summed E-state index contributed by atoms with van der Waals surface area (Å²) in [6.07, 6.45) is 5.66. The zero-order chi connectivity index (χ0) is 12.3. The maximum atomic E-state index is 10.9. The van der Waals surface area contributed by atoms with Crippen LogP contribution in [0.5, 0.6) is 5.75 Å². The highest BCUT2D eigenvalue weighted by Crippen LogP contribution is 2.29. The second kappa shape index (κ2) is 5.54. The van der Waals surface area contributed by atoms with E-state index >= 15 is 0 Å². The lowest BCUT2D eigenvalue weighted by Crippen LogP contribution is -2.24. The van der Waals surface area contributed by atoms with E-state index in [1.807, 2.05) is 0 Å². The van der Waals surface area contributed by atoms with Gasteiger partial charge in [0.15, 0.2) is 6.29 Å². The Kier molecular flexibility index (Phi) is 4.06. The highest BCUT2D eigenvalue weighted by Gasteiger charge is 2.21. The van der Waals surface area contributed by atoms with Gasteiger partial charge in [-0.15, -0.1) is 0 Å². The average molecular weight is 253 g/mol. The fourth-order valence-electron chi connectivity index (χ4n) is 2.38. The second-order valence-electron chi connectivity index (χ2n) is 4.81. The van der Waals surface area contributed by atoms with E-state index in [1.54, 1.807) is 18.2 Å². The Balaban J connectivity index is 2.09. The van der Waals surface area contributed by atoms with Crippen molar-refractivity contribution in [1.82, 2.24) is 0 Å². The van der Waals surface area contributed by atoms with Crippen molar-refractivity contribution in [3.8, 4) is 5.75 Å². The first kappa shape index (κ1) is 12.4. The van der Waals surface area contributed by atoms with E-state index < -0.39 is 0 Å². The molecular weight excluding hydrogens is 236 g/mol. The van der Waals surface area contributed by atoms with Gasteiger partial charge in [-0.1, -0.05) is 24.9 Å². The molecule has 1 aliphatic rings. The highest BCUT2D eigenvalue weighted by molar-refractivity contribution is 6.30. The molecule has 17 heavy (non-hydrogen) atoms. The van der Waals surface area contributed by atoms with Gasteiger partial charge in [-0.25, -0.2) is 0 Å². The monoisotopic (exact) mass is 252 g/mol. The van der Waals surface area contributed by atoms with Gasteiger partial charge in [-0.3, -0.25) is 4.79 Å². The van der Waals surface area contributed by atoms with Crippen molar-refractivity contribution < 1.29 is 9.53 Å². The minimum Gasteiger partial charge on any atom is -0.490 e. The number of halogens is 1. The highest BCUT2D eigenvalue weighted by atomic mass is 35.5. The first-order chi connectivity index (χ1) is 8.19. The second-order valence-corrected chi connectivity index (χ2v) is 5.25. The normalized spacial score (nSPS) is 24.4. The van der Waals surface area contributed by atoms with E-state index in [0.717, 1.165) is 19.1 Å². The SMILES string of the molecule is CC1CCCC(Oc2ccc(Cl)cc2C=O)C1. The van der Waals surface area contributed by atoms with Crippen LogP contribution >= 0.6 is 11.6 Å². The van der Waals surface area contributed by atoms with Crippen molar-refractivity contribution >= 4 is 17.9 Å². The molecule has 1 aliphatic carbocycles. The van der Waals surface area contributed by atoms with Gasteiger partial charge in [0, 0.05) is 5.02 Å². The minimum atomic E-state index is 0.235. The Labute approximate surface area is 107 Å². The smallest absolute Gasteiger partial charge is 0.153 e. The van der Waals surface area contributed by atoms with E-state index in [1.165, 1.54) is 12.8 Å². The summed E-state index contributed by atoms with van der Waals surface area (Å²) in [5.74, 6) is 1.37. The van der Waals surface area contributed by atoms with Gasteiger partial charge in [0.1, 0.15) is 5.75 Å². The summed E-state index contributed by atoms with van der Waals surface area (Å²) in [5.41, 5.74) is 0.538. The summed E-state index contributed by atoms with van der Waals surface area (Å²) >= 11 is 5.85. The molecule has 1 saturated carbocycles. The van der Waals surface area contributed by atoms with Crippen LogP contribution in [0.15, 0.2) is 18.2 Å². The van der Waals surface area contributed by atoms with Gasteiger partial charge >= 0.3 is 0 Å². The molecule has 0 radical (unpaired) electrons. The largest absolute Gasteiger partial charge is 0.490 e. The van der Waals surface area contributed by atoms with E-state index in [4.69, 9.17) is 16.3 Å². The lowest BCUT2D eigenvalue weighted by molar-refractivity contribution is 0.109. The van der Waals surface area contributed by atoms with Crippen molar-refractivity contribution in [3.63, 3.8) is 0 Å². The predicted octanol–water partition coefficient (Wildman–Crippen LogP) is 4.11. The summed E-state index contributed by atoms with van der Waals surface area (Å²) in [7, 11) is 0. The van der Waals surface area contributed by atoms with Gasteiger partial charge in [0.05, 0.1) is 11.7 Å². The van der Waals surface area contributed by atoms with Crippen LogP contribution in [-0.4, -0.2) is 12.4 Å². The van der Waals surface area contributed by atoms with Gasteiger partial charge < -0.3 is 4.74 Å². The Morgan fingerprint density at radius 3 is 2.94 bits per heavy atom. The third kappa shape index (κ3) is 3.22. The van der Waals surface area contributed by atoms with Gasteiger partial charge in [0.25, 0.3) is 0 Å². The molecule has 2 nitrogen and oxygen atoms in total. The lowest BCUT2D eigenvalue weighted by Gasteiger charge is -2.27. The molecule has 0 saturated heterocycles. The number of carbonyl (C=O) groups is 1. The van der Waals surface area contributed by atoms with Crippen LogP contribution < -0.4 is 4.74 Å². The van der Waals surface area contributed by atoms with Crippen LogP contribution in [0.25, 0.3) is 0 Å². The number of hydrogen-bond donors (Lipinski definition) is 0. The topological polar surface area (TPSA) is 26.3 Å². The Hall–Kier alpha value is -1.02. The number of rotatable bonds is 3. The fraction of sp³-hybridized carbons (Fsp3) is 0.500. The van der Waals surface area contributed by atoms with Crippen molar-refractivity contribution in [3.05, 3.63) is 28.8 Å². The molecule has 2 rings (SSSR count). The number of aldehydes is 1. The molecule has 0 aliphatic heterocycles. The quantitative estimate of drug-likeness (QED) is 0.757. The van der Waals surface area contributed by atoms with E-state index in [-0.39, 0.29) is 6.10 Å². The molecule has 0 heterocycles. The Morgan fingerprint density at radius 1 is 1.41 bits per heavy atom. The summed E-state index contributed by atoms with van der Waals surface area (Å²) < 4.78 is 5.91. The van der Waals surface area contributed by atoms with E-state index in [9.17, 15) is 4.79 Å². The van der Waals surface area contributed by atoms with Crippen LogP contribution in [0.3, 0.4) is 0 Å². The third-order valence-electron chi connectivity index (χ3n) is 3.28. The van der Waals surface area contributed by atoms with Gasteiger partial charge in [-0.2, -0.15) is 0 Å². The number of benzene rings is 1. The first-order valence-electron chi connectivity index (χ1n) is 6.10. The van der Waals surface area contributed by atoms with Gasteiger partial charge in [0.2, 0.25) is 0 Å². The summed E-state index contributed by atoms with van der Waals surface area (Å²) in [4.78, 5) is 10.9. The average Bonchev–Trinajstić information content (AvgIpc) is 2.31. The van der Waals surface area contributed by atoms with Crippen LogP contribution in [0.4, 0.5) is 0 Å². The molecule has 2 unspecified atom stereocenters. The Bertz CT molecular complexity index is 403. The molecule has 3 heteroatoms. The number of ether oxygens (including phenoxy) is 1. The zero-order valence-corrected chi connectivity index (χ0v) is 10.7. The fourth-order valence-corrected chi connectivity index (χ4v) is 2.56. The lowest BCUT2D eigenvalue weighted by atomic mass is 9.88. The van der Waals surface area contributed by atoms with Crippen LogP contribution in [-0.2, 0) is 0 Å². The maximum Gasteiger partial charge on any atom is 0.153 e. The van der Waals surface area contributed by atoms with Crippen molar-refractivity contribution in [2.75, 3.05) is 0 Å². The number of hydrogen-bond acceptors (Lipinski definition) is 2. The van der Waals surface area contributed by atoms with Gasteiger partial charge in [-0.05, 0) is 43.4 Å². The summed E-state index contributed by atoms with van der Waals surface area (Å²) in [6.45, 7) is 2.25. The Morgan fingerprint density at radius 2 is 2.24 bits per heavy atom. The van der Waals surface area contributed by atoms with Crippen LogP contribution in [0, 0.1) is 5.92 Å². The molecule has 1 aromatic carbocycles. The van der Waals surface area contributed by atoms with Crippen LogP contribution in [0.2, 0.25) is 5.02 Å². The first-order valence-corrected chi connectivity index (χ1v) is 6.48. The number of carbonyl (C=O) groups excluding carboxylic acids is 1. The standard InChI is InChI=1S/C14H17ClO2/c1-10-3-2-4-13(7-10)17-14-6-5-12(15)8-11(14)9-16/h5-6,8-10,13H,2-4,7H2,1H3. The molecule has 2 atom stereocenters. The molecule has 0 bridgehead atoms. The summed E-state index contributed by atoms with van der Waals surface area (Å²) in [5, 5.41) is 0.566. The zero-order valence-electron chi connectivity index (χ0n) is 9.99. The molecule has 1 aromatic rings. The predicted molar refractivity (Wildman–Crippen MR) is 68.9 cm³/mol. The molecule has 0 N–H and O–H groups in total. The summed E-state index contributed by atoms with van der Waals surface area (Å²) in [6, 6.07) is 5.19. The van der Waals surface area contributed by atoms with Crippen molar-refractivity contribution in [1.29, 1.82) is 0 Å². The molecule has 92 valence electrons. The molecule has 0 aromatic heterocycles. The van der Waals surface area contributed by atoms with E-state index in [2.05, 4.69) is 6.92 Å². The molecule has 0 spiro atoms. The van der Waals surface area contributed by atoms with Crippen LogP contribution in [0.1, 0.15) is 43.0 Å². The minimum absolute atomic E-state index is 0.235. The molecular formula is C14H17ClO2. The van der Waals surface area contributed by atoms with E-state index in [0.29, 0.717) is 22.3 Å². The van der Waals surface area contributed by atoms with Crippen molar-refractivity contribution in [2.24, 2.45) is 5.92 Å². The molecule has 0 amide bonds. The van der Waals surface area contributed by atoms with Crippen molar-refractivity contribution in [2.45, 2.75) is 38.7 Å². The maximum absolute atomic E-state index is 10.9. The third-order valence-corrected chi connectivity index (χ3v) is 3.52. The molecule has 1 fully saturated rings.